The number of fused-ring (bicyclic) bond motifs is 1. The molecular weight excluding hydrogens is 226 g/mol. The minimum Gasteiger partial charge on any atom is -0.372 e. The van der Waals surface area contributed by atoms with Crippen molar-refractivity contribution in [3.8, 4) is 0 Å². The molecule has 3 nitrogen and oxygen atoms in total. The summed E-state index contributed by atoms with van der Waals surface area (Å²) in [5.41, 5.74) is 2.71. The van der Waals surface area contributed by atoms with Crippen LogP contribution in [0, 0.1) is 0 Å². The Labute approximate surface area is 108 Å². The third-order valence-corrected chi connectivity index (χ3v) is 3.85. The van der Waals surface area contributed by atoms with E-state index in [4.69, 9.17) is 4.74 Å². The molecule has 2 aliphatic heterocycles. The van der Waals surface area contributed by atoms with Gasteiger partial charge in [-0.15, -0.1) is 0 Å². The second kappa shape index (κ2) is 5.21. The molecule has 1 fully saturated rings. The van der Waals surface area contributed by atoms with Crippen molar-refractivity contribution in [1.29, 1.82) is 0 Å². The molecule has 0 radical (unpaired) electrons. The fraction of sp³-hybridized carbons (Fsp3) is 0.533. The molecule has 1 aromatic carbocycles. The van der Waals surface area contributed by atoms with Crippen LogP contribution in [0.15, 0.2) is 24.3 Å². The second-order valence-corrected chi connectivity index (χ2v) is 5.19. The molecule has 18 heavy (non-hydrogen) atoms. The summed E-state index contributed by atoms with van der Waals surface area (Å²) in [5, 5.41) is 0. The number of nitrogens with zero attached hydrogens (tertiary/aromatic N) is 1. The smallest absolute Gasteiger partial charge is 0.146 e. The Kier molecular flexibility index (Phi) is 3.43. The Bertz CT molecular complexity index is 444. The topological polar surface area (TPSA) is 29.5 Å². The Morgan fingerprint density at radius 3 is 3.06 bits per heavy atom. The van der Waals surface area contributed by atoms with Crippen LogP contribution >= 0.6 is 0 Å². The molecule has 0 aliphatic carbocycles. The molecule has 96 valence electrons. The maximum absolute atomic E-state index is 11.5. The zero-order valence-corrected chi connectivity index (χ0v) is 10.6. The van der Waals surface area contributed by atoms with Crippen LogP contribution in [-0.4, -0.2) is 36.9 Å². The third-order valence-electron chi connectivity index (χ3n) is 3.85. The normalized spacial score (nSPS) is 24.9. The van der Waals surface area contributed by atoms with Crippen LogP contribution in [0.2, 0.25) is 0 Å². The van der Waals surface area contributed by atoms with E-state index in [0.717, 1.165) is 39.0 Å². The van der Waals surface area contributed by atoms with Gasteiger partial charge in [0, 0.05) is 13.0 Å². The van der Waals surface area contributed by atoms with Gasteiger partial charge in [-0.2, -0.15) is 0 Å². The summed E-state index contributed by atoms with van der Waals surface area (Å²) >= 11 is 0. The average Bonchev–Trinajstić information content (AvgIpc) is 2.39. The summed E-state index contributed by atoms with van der Waals surface area (Å²) in [5.74, 6) is 0.366. The van der Waals surface area contributed by atoms with E-state index in [2.05, 4.69) is 29.2 Å². The Balaban J connectivity index is 1.72. The standard InChI is InChI=1S/C15H19NO2/c17-13-5-3-8-16(10-13)11-15-14-6-2-1-4-12(14)7-9-18-15/h1-2,4,6,15H,3,5,7-11H2. The molecule has 0 amide bonds. The highest BCUT2D eigenvalue weighted by Gasteiger charge is 2.25. The van der Waals surface area contributed by atoms with Crippen LogP contribution in [-0.2, 0) is 16.0 Å². The van der Waals surface area contributed by atoms with E-state index < -0.39 is 0 Å². The van der Waals surface area contributed by atoms with Crippen molar-refractivity contribution in [3.63, 3.8) is 0 Å². The molecule has 1 aromatic rings. The SMILES string of the molecule is O=C1CCCN(CC2OCCc3ccccc32)C1. The van der Waals surface area contributed by atoms with Crippen LogP contribution in [0.4, 0.5) is 0 Å². The van der Waals surface area contributed by atoms with Crippen LogP contribution < -0.4 is 0 Å². The van der Waals surface area contributed by atoms with Gasteiger partial charge in [-0.05, 0) is 30.5 Å². The molecule has 0 spiro atoms. The van der Waals surface area contributed by atoms with Crippen LogP contribution in [0.25, 0.3) is 0 Å². The number of likely N-dealkylation sites (tertiary alicyclic amines) is 1. The number of ether oxygens (including phenoxy) is 1. The first-order valence-corrected chi connectivity index (χ1v) is 6.76. The van der Waals surface area contributed by atoms with Crippen molar-refractivity contribution >= 4 is 5.78 Å². The van der Waals surface area contributed by atoms with E-state index in [1.165, 1.54) is 11.1 Å². The maximum atomic E-state index is 11.5. The number of Topliss-reactive ketones (excluding diaryl/α,β-unsaturated/α-hetero) is 1. The highest BCUT2D eigenvalue weighted by molar-refractivity contribution is 5.81. The van der Waals surface area contributed by atoms with Gasteiger partial charge in [-0.25, -0.2) is 0 Å². The van der Waals surface area contributed by atoms with Crippen molar-refractivity contribution in [1.82, 2.24) is 4.90 Å². The Morgan fingerprint density at radius 2 is 2.17 bits per heavy atom. The van der Waals surface area contributed by atoms with Gasteiger partial charge in [0.25, 0.3) is 0 Å². The van der Waals surface area contributed by atoms with Crippen LogP contribution in [0.3, 0.4) is 0 Å². The summed E-state index contributed by atoms with van der Waals surface area (Å²) in [4.78, 5) is 13.7. The molecule has 2 aliphatic rings. The first-order valence-electron chi connectivity index (χ1n) is 6.76. The second-order valence-electron chi connectivity index (χ2n) is 5.19. The van der Waals surface area contributed by atoms with Crippen molar-refractivity contribution in [2.45, 2.75) is 25.4 Å². The zero-order valence-electron chi connectivity index (χ0n) is 10.6. The summed E-state index contributed by atoms with van der Waals surface area (Å²) in [6.45, 7) is 3.27. The van der Waals surface area contributed by atoms with Gasteiger partial charge in [0.1, 0.15) is 5.78 Å². The van der Waals surface area contributed by atoms with Gasteiger partial charge >= 0.3 is 0 Å². The predicted octanol–water partition coefficient (Wildman–Crippen LogP) is 1.97. The van der Waals surface area contributed by atoms with E-state index in [1.807, 2.05) is 0 Å². The molecule has 1 unspecified atom stereocenters. The van der Waals surface area contributed by atoms with E-state index in [1.54, 1.807) is 0 Å². The van der Waals surface area contributed by atoms with E-state index >= 15 is 0 Å². The Hall–Kier alpha value is -1.19. The quantitative estimate of drug-likeness (QED) is 0.797. The molecular formula is C15H19NO2. The molecule has 1 saturated heterocycles. The van der Waals surface area contributed by atoms with Crippen molar-refractivity contribution < 1.29 is 9.53 Å². The van der Waals surface area contributed by atoms with Gasteiger partial charge in [0.15, 0.2) is 0 Å². The predicted molar refractivity (Wildman–Crippen MR) is 69.5 cm³/mol. The largest absolute Gasteiger partial charge is 0.372 e. The molecule has 3 heteroatoms. The fourth-order valence-corrected chi connectivity index (χ4v) is 2.93. The number of hydrogen-bond donors (Lipinski definition) is 0. The monoisotopic (exact) mass is 245 g/mol. The van der Waals surface area contributed by atoms with Gasteiger partial charge < -0.3 is 4.74 Å². The number of carbonyl (C=O) groups excluding carboxylic acids is 1. The number of rotatable bonds is 2. The lowest BCUT2D eigenvalue weighted by Gasteiger charge is -2.32. The molecule has 0 aromatic heterocycles. The molecule has 2 heterocycles. The van der Waals surface area contributed by atoms with Gasteiger partial charge in [0.05, 0.1) is 19.3 Å². The van der Waals surface area contributed by atoms with Crippen molar-refractivity contribution in [3.05, 3.63) is 35.4 Å². The minimum absolute atomic E-state index is 0.140. The van der Waals surface area contributed by atoms with Gasteiger partial charge in [-0.3, -0.25) is 9.69 Å². The Morgan fingerprint density at radius 1 is 1.28 bits per heavy atom. The maximum Gasteiger partial charge on any atom is 0.146 e. The fourth-order valence-electron chi connectivity index (χ4n) is 2.93. The van der Waals surface area contributed by atoms with E-state index in [-0.39, 0.29) is 6.10 Å². The van der Waals surface area contributed by atoms with E-state index in [9.17, 15) is 4.79 Å². The number of hydrogen-bond acceptors (Lipinski definition) is 3. The zero-order chi connectivity index (χ0) is 12.4. The highest BCUT2D eigenvalue weighted by Crippen LogP contribution is 2.28. The number of piperidine rings is 1. The van der Waals surface area contributed by atoms with Crippen LogP contribution in [0.1, 0.15) is 30.1 Å². The first kappa shape index (κ1) is 11.9. The molecule has 1 atom stereocenters. The van der Waals surface area contributed by atoms with Gasteiger partial charge in [0.2, 0.25) is 0 Å². The average molecular weight is 245 g/mol. The molecule has 0 N–H and O–H groups in total. The summed E-state index contributed by atoms with van der Waals surface area (Å²) < 4.78 is 5.89. The van der Waals surface area contributed by atoms with E-state index in [0.29, 0.717) is 12.3 Å². The third kappa shape index (κ3) is 2.47. The number of benzene rings is 1. The molecule has 0 saturated carbocycles. The number of carbonyl (C=O) groups is 1. The lowest BCUT2D eigenvalue weighted by atomic mass is 9.97. The molecule has 3 rings (SSSR count). The summed E-state index contributed by atoms with van der Waals surface area (Å²) in [6, 6.07) is 8.50. The van der Waals surface area contributed by atoms with Crippen molar-refractivity contribution in [2.75, 3.05) is 26.2 Å². The molecule has 0 bridgehead atoms. The lowest BCUT2D eigenvalue weighted by molar-refractivity contribution is -0.122. The van der Waals surface area contributed by atoms with Crippen LogP contribution in [0.5, 0.6) is 0 Å². The lowest BCUT2D eigenvalue weighted by Crippen LogP contribution is -2.39. The van der Waals surface area contributed by atoms with Crippen molar-refractivity contribution in [2.24, 2.45) is 0 Å². The van der Waals surface area contributed by atoms with Gasteiger partial charge in [-0.1, -0.05) is 24.3 Å². The summed E-state index contributed by atoms with van der Waals surface area (Å²) in [6.07, 6.45) is 2.89. The summed E-state index contributed by atoms with van der Waals surface area (Å²) in [7, 11) is 0. The highest BCUT2D eigenvalue weighted by atomic mass is 16.5. The first-order chi connectivity index (χ1) is 8.83. The number of ketones is 1. The minimum atomic E-state index is 0.140.